The fourth-order valence-corrected chi connectivity index (χ4v) is 5.87. The average molecular weight is 335 g/mol. The number of hydrogen-bond acceptors (Lipinski definition) is 3. The summed E-state index contributed by atoms with van der Waals surface area (Å²) in [6, 6.07) is 2.85. The molecule has 0 bridgehead atoms. The molecule has 1 aromatic carbocycles. The summed E-state index contributed by atoms with van der Waals surface area (Å²) in [5, 5.41) is 0.428. The van der Waals surface area contributed by atoms with E-state index in [9.17, 15) is 8.42 Å². The highest BCUT2D eigenvalue weighted by molar-refractivity contribution is 7.89. The predicted molar refractivity (Wildman–Crippen MR) is 80.5 cm³/mol. The smallest absolute Gasteiger partial charge is 0.246 e. The Morgan fingerprint density at radius 3 is 2.30 bits per heavy atom. The van der Waals surface area contributed by atoms with Crippen molar-refractivity contribution in [2.45, 2.75) is 24.2 Å². The zero-order valence-corrected chi connectivity index (χ0v) is 13.2. The van der Waals surface area contributed by atoms with Crippen LogP contribution in [0.4, 0.5) is 5.69 Å². The van der Waals surface area contributed by atoms with Crippen molar-refractivity contribution >= 4 is 38.9 Å². The summed E-state index contributed by atoms with van der Waals surface area (Å²) in [5.74, 6) is 0.967. The minimum absolute atomic E-state index is 0.0106. The van der Waals surface area contributed by atoms with E-state index in [4.69, 9.17) is 28.9 Å². The van der Waals surface area contributed by atoms with Crippen LogP contribution in [0.25, 0.3) is 0 Å². The Balaban J connectivity index is 1.97. The quantitative estimate of drug-likeness (QED) is 0.845. The van der Waals surface area contributed by atoms with Gasteiger partial charge in [0, 0.05) is 18.1 Å². The molecule has 0 amide bonds. The molecule has 4 nitrogen and oxygen atoms in total. The molecule has 0 spiro atoms. The second kappa shape index (κ2) is 5.05. The van der Waals surface area contributed by atoms with Crippen LogP contribution >= 0.6 is 23.2 Å². The van der Waals surface area contributed by atoms with E-state index in [0.717, 1.165) is 12.8 Å². The number of nitrogens with two attached hydrogens (primary N) is 1. The first kappa shape index (κ1) is 14.4. The Bertz CT molecular complexity index is 613. The van der Waals surface area contributed by atoms with Gasteiger partial charge in [0.15, 0.2) is 0 Å². The van der Waals surface area contributed by atoms with E-state index < -0.39 is 10.0 Å². The lowest BCUT2D eigenvalue weighted by Gasteiger charge is -2.19. The van der Waals surface area contributed by atoms with Crippen molar-refractivity contribution in [3.8, 4) is 0 Å². The fraction of sp³-hybridized carbons (Fsp3) is 0.538. The third-order valence-electron chi connectivity index (χ3n) is 4.33. The highest BCUT2D eigenvalue weighted by Gasteiger charge is 2.42. The molecule has 2 N–H and O–H groups in total. The Hall–Kier alpha value is -0.490. The Labute approximate surface area is 128 Å². The molecule has 0 radical (unpaired) electrons. The summed E-state index contributed by atoms with van der Waals surface area (Å²) in [5.41, 5.74) is 5.93. The Morgan fingerprint density at radius 1 is 1.15 bits per heavy atom. The number of sulfonamides is 1. The number of hydrogen-bond donors (Lipinski definition) is 1. The molecule has 110 valence electrons. The van der Waals surface area contributed by atoms with Crippen molar-refractivity contribution in [1.29, 1.82) is 0 Å². The molecule has 2 unspecified atom stereocenters. The average Bonchev–Trinajstić information content (AvgIpc) is 2.85. The monoisotopic (exact) mass is 334 g/mol. The minimum atomic E-state index is -3.64. The van der Waals surface area contributed by atoms with Crippen LogP contribution in [0, 0.1) is 11.8 Å². The van der Waals surface area contributed by atoms with Crippen LogP contribution in [0.1, 0.15) is 19.3 Å². The van der Waals surface area contributed by atoms with Gasteiger partial charge in [0.25, 0.3) is 0 Å². The second-order valence-corrected chi connectivity index (χ2v) is 8.30. The summed E-state index contributed by atoms with van der Waals surface area (Å²) >= 11 is 11.9. The molecule has 7 heteroatoms. The van der Waals surface area contributed by atoms with Gasteiger partial charge in [-0.25, -0.2) is 8.42 Å². The van der Waals surface area contributed by atoms with Gasteiger partial charge < -0.3 is 5.73 Å². The Kier molecular flexibility index (Phi) is 3.65. The van der Waals surface area contributed by atoms with Crippen molar-refractivity contribution in [2.75, 3.05) is 18.8 Å². The zero-order chi connectivity index (χ0) is 14.5. The van der Waals surface area contributed by atoms with Gasteiger partial charge in [-0.1, -0.05) is 29.6 Å². The van der Waals surface area contributed by atoms with Gasteiger partial charge in [-0.3, -0.25) is 0 Å². The Morgan fingerprint density at radius 2 is 1.75 bits per heavy atom. The number of nitrogens with zero attached hydrogens (tertiary/aromatic N) is 1. The molecule has 1 saturated carbocycles. The van der Waals surface area contributed by atoms with Gasteiger partial charge in [0.05, 0.1) is 10.7 Å². The van der Waals surface area contributed by atoms with E-state index in [1.165, 1.54) is 22.9 Å². The van der Waals surface area contributed by atoms with Crippen LogP contribution in [0.5, 0.6) is 0 Å². The number of rotatable bonds is 2. The molecule has 2 fully saturated rings. The molecule has 3 rings (SSSR count). The number of fused-ring (bicyclic) bond motifs is 1. The number of benzene rings is 1. The third-order valence-corrected chi connectivity index (χ3v) is 6.91. The second-order valence-electron chi connectivity index (χ2n) is 5.58. The lowest BCUT2D eigenvalue weighted by Crippen LogP contribution is -2.30. The molecular weight excluding hydrogens is 319 g/mol. The van der Waals surface area contributed by atoms with Crippen LogP contribution in [0.15, 0.2) is 17.0 Å². The largest absolute Gasteiger partial charge is 0.398 e. The van der Waals surface area contributed by atoms with Gasteiger partial charge in [0.1, 0.15) is 4.90 Å². The summed E-state index contributed by atoms with van der Waals surface area (Å²) in [6.07, 6.45) is 3.42. The number of anilines is 1. The molecule has 1 saturated heterocycles. The van der Waals surface area contributed by atoms with E-state index >= 15 is 0 Å². The molecule has 1 aromatic rings. The van der Waals surface area contributed by atoms with Gasteiger partial charge in [-0.2, -0.15) is 4.31 Å². The fourth-order valence-electron chi connectivity index (χ4n) is 3.37. The lowest BCUT2D eigenvalue weighted by atomic mass is 10.0. The third kappa shape index (κ3) is 2.30. The summed E-state index contributed by atoms with van der Waals surface area (Å²) in [6.45, 7) is 1.15. The molecular formula is C13H16Cl2N2O2S. The molecule has 1 aliphatic carbocycles. The zero-order valence-electron chi connectivity index (χ0n) is 10.9. The number of halogens is 2. The van der Waals surface area contributed by atoms with E-state index in [1.807, 2.05) is 0 Å². The highest BCUT2D eigenvalue weighted by Crippen LogP contribution is 2.41. The highest BCUT2D eigenvalue weighted by atomic mass is 35.5. The topological polar surface area (TPSA) is 63.4 Å². The maximum atomic E-state index is 12.7. The van der Waals surface area contributed by atoms with Crippen LogP contribution < -0.4 is 5.73 Å². The standard InChI is InChI=1S/C13H16Cl2N2O2S/c14-10-4-11(15)13(12(16)5-10)20(18,19)17-6-8-2-1-3-9(8)7-17/h4-5,8-9H,1-3,6-7,16H2. The molecule has 1 heterocycles. The first-order valence-corrected chi connectivity index (χ1v) is 8.84. The van der Waals surface area contributed by atoms with Crippen LogP contribution in [0.2, 0.25) is 10.0 Å². The lowest BCUT2D eigenvalue weighted by molar-refractivity contribution is 0.446. The van der Waals surface area contributed by atoms with Gasteiger partial charge in [-0.15, -0.1) is 0 Å². The first-order chi connectivity index (χ1) is 9.39. The maximum Gasteiger partial charge on any atom is 0.246 e. The molecule has 2 aliphatic rings. The minimum Gasteiger partial charge on any atom is -0.398 e. The van der Waals surface area contributed by atoms with Gasteiger partial charge in [-0.05, 0) is 36.8 Å². The van der Waals surface area contributed by atoms with E-state index in [-0.39, 0.29) is 15.6 Å². The molecule has 1 aliphatic heterocycles. The van der Waals surface area contributed by atoms with E-state index in [0.29, 0.717) is 29.9 Å². The van der Waals surface area contributed by atoms with Crippen molar-refractivity contribution < 1.29 is 8.42 Å². The maximum absolute atomic E-state index is 12.7. The van der Waals surface area contributed by atoms with Crippen molar-refractivity contribution in [1.82, 2.24) is 4.31 Å². The summed E-state index contributed by atoms with van der Waals surface area (Å²) in [7, 11) is -3.64. The van der Waals surface area contributed by atoms with Crippen molar-refractivity contribution in [3.63, 3.8) is 0 Å². The van der Waals surface area contributed by atoms with Crippen molar-refractivity contribution in [2.24, 2.45) is 11.8 Å². The summed E-state index contributed by atoms with van der Waals surface area (Å²) in [4.78, 5) is -0.0106. The predicted octanol–water partition coefficient (Wildman–Crippen LogP) is 3.00. The van der Waals surface area contributed by atoms with Gasteiger partial charge >= 0.3 is 0 Å². The van der Waals surface area contributed by atoms with Crippen LogP contribution in [-0.2, 0) is 10.0 Å². The number of nitrogen functional groups attached to an aromatic ring is 1. The molecule has 2 atom stereocenters. The first-order valence-electron chi connectivity index (χ1n) is 6.64. The van der Waals surface area contributed by atoms with Crippen LogP contribution in [0.3, 0.4) is 0 Å². The van der Waals surface area contributed by atoms with E-state index in [1.54, 1.807) is 0 Å². The van der Waals surface area contributed by atoms with Gasteiger partial charge in [0.2, 0.25) is 10.0 Å². The summed E-state index contributed by atoms with van der Waals surface area (Å²) < 4.78 is 27.0. The molecule has 0 aromatic heterocycles. The van der Waals surface area contributed by atoms with E-state index in [2.05, 4.69) is 0 Å². The normalized spacial score (nSPS) is 26.9. The van der Waals surface area contributed by atoms with Crippen LogP contribution in [-0.4, -0.2) is 25.8 Å². The SMILES string of the molecule is Nc1cc(Cl)cc(Cl)c1S(=O)(=O)N1CC2CCCC2C1. The van der Waals surface area contributed by atoms with Crippen molar-refractivity contribution in [3.05, 3.63) is 22.2 Å². The molecule has 20 heavy (non-hydrogen) atoms.